The Morgan fingerprint density at radius 2 is 1.97 bits per heavy atom. The van der Waals surface area contributed by atoms with E-state index >= 15 is 0 Å². The number of rotatable bonds is 8. The number of likely N-dealkylation sites (tertiary alicyclic amines) is 1. The van der Waals surface area contributed by atoms with E-state index in [1.54, 1.807) is 37.4 Å². The van der Waals surface area contributed by atoms with Crippen LogP contribution in [0.25, 0.3) is 11.0 Å². The molecule has 1 saturated heterocycles. The summed E-state index contributed by atoms with van der Waals surface area (Å²) in [6.07, 6.45) is 3.94. The molecule has 38 heavy (non-hydrogen) atoms. The van der Waals surface area contributed by atoms with Crippen molar-refractivity contribution in [3.63, 3.8) is 0 Å². The Balaban J connectivity index is 1.32. The Morgan fingerprint density at radius 1 is 1.16 bits per heavy atom. The highest BCUT2D eigenvalue weighted by Gasteiger charge is 2.27. The van der Waals surface area contributed by atoms with Crippen LogP contribution in [0.5, 0.6) is 11.6 Å². The molecule has 2 aromatic heterocycles. The van der Waals surface area contributed by atoms with Crippen molar-refractivity contribution in [1.82, 2.24) is 19.9 Å². The topological polar surface area (TPSA) is 115 Å². The Morgan fingerprint density at radius 3 is 2.71 bits per heavy atom. The summed E-state index contributed by atoms with van der Waals surface area (Å²) < 4.78 is 6.09. The second-order valence-electron chi connectivity index (χ2n) is 9.11. The van der Waals surface area contributed by atoms with Crippen molar-refractivity contribution >= 4 is 45.9 Å². The third-order valence-electron chi connectivity index (χ3n) is 6.57. The number of ether oxygens (including phenoxy) is 1. The van der Waals surface area contributed by atoms with Crippen LogP contribution in [0.3, 0.4) is 0 Å². The van der Waals surface area contributed by atoms with Crippen LogP contribution in [0, 0.1) is 0 Å². The van der Waals surface area contributed by atoms with Crippen LogP contribution in [0.4, 0.5) is 23.0 Å². The molecule has 3 heterocycles. The quantitative estimate of drug-likeness (QED) is 0.294. The first kappa shape index (κ1) is 24.8. The van der Waals surface area contributed by atoms with Gasteiger partial charge in [0.15, 0.2) is 0 Å². The van der Waals surface area contributed by atoms with Gasteiger partial charge in [0.1, 0.15) is 11.4 Å². The number of carbonyl (C=O) groups is 2. The molecular weight excluding hydrogens is 482 g/mol. The van der Waals surface area contributed by atoms with Crippen LogP contribution < -0.4 is 20.3 Å². The lowest BCUT2D eigenvalue weighted by Gasteiger charge is -2.27. The molecule has 0 unspecified atom stereocenters. The molecule has 1 aliphatic rings. The fourth-order valence-electron chi connectivity index (χ4n) is 4.45. The number of aromatic nitrogens is 3. The smallest absolute Gasteiger partial charge is 0.247 e. The van der Waals surface area contributed by atoms with Crippen LogP contribution in [0.15, 0.2) is 73.4 Å². The number of anilines is 4. The van der Waals surface area contributed by atoms with Gasteiger partial charge in [-0.1, -0.05) is 12.6 Å². The van der Waals surface area contributed by atoms with Gasteiger partial charge in [-0.25, -0.2) is 0 Å². The molecule has 0 saturated carbocycles. The van der Waals surface area contributed by atoms with E-state index in [2.05, 4.69) is 44.1 Å². The van der Waals surface area contributed by atoms with E-state index in [4.69, 9.17) is 4.74 Å². The molecule has 4 aromatic rings. The summed E-state index contributed by atoms with van der Waals surface area (Å²) in [4.78, 5) is 39.7. The maximum atomic E-state index is 11.7. The highest BCUT2D eigenvalue weighted by molar-refractivity contribution is 5.99. The molecular formula is C28H29N7O3. The summed E-state index contributed by atoms with van der Waals surface area (Å²) in [6.45, 7) is 6.62. The normalized spacial score (nSPS) is 14.8. The predicted molar refractivity (Wildman–Crippen MR) is 148 cm³/mol. The van der Waals surface area contributed by atoms with Gasteiger partial charge in [-0.05, 0) is 55.0 Å². The van der Waals surface area contributed by atoms with Crippen LogP contribution in [-0.4, -0.2) is 57.8 Å². The first-order valence-corrected chi connectivity index (χ1v) is 12.3. The number of fused-ring (bicyclic) bond motifs is 1. The second-order valence-corrected chi connectivity index (χ2v) is 9.11. The maximum absolute atomic E-state index is 11.7. The van der Waals surface area contributed by atoms with Gasteiger partial charge in [0.2, 0.25) is 23.6 Å². The Labute approximate surface area is 220 Å². The number of hydrogen-bond acceptors (Lipinski definition) is 7. The van der Waals surface area contributed by atoms with Crippen LogP contribution in [0.2, 0.25) is 0 Å². The number of carbonyl (C=O) groups excluding carboxylic acids is 2. The summed E-state index contributed by atoms with van der Waals surface area (Å²) in [6, 6.07) is 17.2. The average molecular weight is 512 g/mol. The Hall–Kier alpha value is -4.86. The van der Waals surface area contributed by atoms with Crippen molar-refractivity contribution in [3.05, 3.63) is 73.4 Å². The summed E-state index contributed by atoms with van der Waals surface area (Å²) in [5, 5.41) is 6.70. The van der Waals surface area contributed by atoms with Crippen molar-refractivity contribution in [1.29, 1.82) is 0 Å². The lowest BCUT2D eigenvalue weighted by molar-refractivity contribution is -0.127. The summed E-state index contributed by atoms with van der Waals surface area (Å²) >= 11 is 0. The van der Waals surface area contributed by atoms with E-state index in [0.29, 0.717) is 35.0 Å². The average Bonchev–Trinajstić information content (AvgIpc) is 3.59. The monoisotopic (exact) mass is 511 g/mol. The van der Waals surface area contributed by atoms with Crippen molar-refractivity contribution in [2.24, 2.45) is 0 Å². The molecule has 2 amide bonds. The molecule has 0 bridgehead atoms. The molecule has 0 spiro atoms. The van der Waals surface area contributed by atoms with E-state index in [1.807, 2.05) is 35.2 Å². The minimum absolute atomic E-state index is 0.120. The summed E-state index contributed by atoms with van der Waals surface area (Å²) in [7, 11) is 2.06. The summed E-state index contributed by atoms with van der Waals surface area (Å²) in [5.74, 6) is 1.08. The fourth-order valence-corrected chi connectivity index (χ4v) is 4.45. The van der Waals surface area contributed by atoms with Crippen molar-refractivity contribution < 1.29 is 14.3 Å². The lowest BCUT2D eigenvalue weighted by Crippen LogP contribution is -2.35. The largest absolute Gasteiger partial charge is 0.438 e. The van der Waals surface area contributed by atoms with E-state index in [-0.39, 0.29) is 11.8 Å². The standard InChI is InChI=1S/C28H29N7O3/c1-4-25(37)30-20-6-5-7-23(16-20)38-27-24-12-14-29-26(24)32-28(33-27)31-19-8-10-21(11-9-19)34(3)22-13-15-35(17-22)18(2)36/h4-12,14,16,22H,1,13,15,17H2,2-3H3,(H,30,37)(H2,29,31,32,33)/t22-/m0/s1. The third-order valence-corrected chi connectivity index (χ3v) is 6.57. The highest BCUT2D eigenvalue weighted by Crippen LogP contribution is 2.31. The lowest BCUT2D eigenvalue weighted by atomic mass is 10.2. The van der Waals surface area contributed by atoms with Gasteiger partial charge in [-0.2, -0.15) is 9.97 Å². The molecule has 10 nitrogen and oxygen atoms in total. The van der Waals surface area contributed by atoms with Crippen LogP contribution in [-0.2, 0) is 9.59 Å². The fraction of sp³-hybridized carbons (Fsp3) is 0.214. The van der Waals surface area contributed by atoms with Gasteiger partial charge in [-0.3, -0.25) is 9.59 Å². The number of benzene rings is 2. The first-order chi connectivity index (χ1) is 18.4. The Kier molecular flexibility index (Phi) is 6.94. The van der Waals surface area contributed by atoms with Gasteiger partial charge >= 0.3 is 0 Å². The second kappa shape index (κ2) is 10.6. The number of amides is 2. The number of nitrogens with zero attached hydrogens (tertiary/aromatic N) is 4. The zero-order valence-corrected chi connectivity index (χ0v) is 21.3. The minimum atomic E-state index is -0.304. The van der Waals surface area contributed by atoms with E-state index in [1.165, 1.54) is 6.08 Å². The zero-order valence-electron chi connectivity index (χ0n) is 21.3. The molecule has 1 aliphatic heterocycles. The van der Waals surface area contributed by atoms with Gasteiger partial charge in [0.25, 0.3) is 0 Å². The van der Waals surface area contributed by atoms with Gasteiger partial charge in [-0.15, -0.1) is 0 Å². The van der Waals surface area contributed by atoms with Crippen molar-refractivity contribution in [2.75, 3.05) is 35.7 Å². The maximum Gasteiger partial charge on any atom is 0.247 e. The van der Waals surface area contributed by atoms with Crippen LogP contribution >= 0.6 is 0 Å². The van der Waals surface area contributed by atoms with E-state index in [9.17, 15) is 9.59 Å². The number of hydrogen-bond donors (Lipinski definition) is 3. The number of likely N-dealkylation sites (N-methyl/N-ethyl adjacent to an activating group) is 1. The molecule has 1 atom stereocenters. The predicted octanol–water partition coefficient (Wildman–Crippen LogP) is 4.68. The molecule has 0 radical (unpaired) electrons. The van der Waals surface area contributed by atoms with Crippen LogP contribution in [0.1, 0.15) is 13.3 Å². The molecule has 194 valence electrons. The molecule has 0 aliphatic carbocycles. The minimum Gasteiger partial charge on any atom is -0.438 e. The molecule has 1 fully saturated rings. The number of aromatic amines is 1. The van der Waals surface area contributed by atoms with Crippen molar-refractivity contribution in [2.45, 2.75) is 19.4 Å². The van der Waals surface area contributed by atoms with Gasteiger partial charge < -0.3 is 30.2 Å². The van der Waals surface area contributed by atoms with Gasteiger partial charge in [0, 0.05) is 62.4 Å². The Bertz CT molecular complexity index is 1480. The number of H-pyrrole nitrogens is 1. The molecule has 10 heteroatoms. The third kappa shape index (κ3) is 5.44. The SMILES string of the molecule is C=CC(=O)Nc1cccc(Oc2nc(Nc3ccc(N(C)[C@H]4CCN(C(C)=O)C4)cc3)nc3[nH]ccc23)c1. The molecule has 5 rings (SSSR count). The summed E-state index contributed by atoms with van der Waals surface area (Å²) in [5.41, 5.74) is 3.10. The zero-order chi connectivity index (χ0) is 26.6. The van der Waals surface area contributed by atoms with Crippen molar-refractivity contribution in [3.8, 4) is 11.6 Å². The first-order valence-electron chi connectivity index (χ1n) is 12.3. The van der Waals surface area contributed by atoms with E-state index < -0.39 is 0 Å². The van der Waals surface area contributed by atoms with E-state index in [0.717, 1.165) is 36.3 Å². The number of nitrogens with one attached hydrogen (secondary N) is 3. The molecule has 2 aromatic carbocycles. The highest BCUT2D eigenvalue weighted by atomic mass is 16.5. The van der Waals surface area contributed by atoms with Gasteiger partial charge in [0.05, 0.1) is 5.39 Å². The molecule has 3 N–H and O–H groups in total.